The maximum absolute atomic E-state index is 5.45. The predicted octanol–water partition coefficient (Wildman–Crippen LogP) is 3.80. The highest BCUT2D eigenvalue weighted by atomic mass is 32.1. The first kappa shape index (κ1) is 18.1. The molecule has 7 nitrogen and oxygen atoms in total. The maximum Gasteiger partial charge on any atom is 0.243 e. The summed E-state index contributed by atoms with van der Waals surface area (Å²) in [7, 11) is 3.22. The number of anilines is 1. The van der Waals surface area contributed by atoms with Gasteiger partial charge in [0, 0.05) is 4.88 Å². The lowest BCUT2D eigenvalue weighted by Gasteiger charge is -2.14. The van der Waals surface area contributed by atoms with E-state index in [1.807, 2.05) is 32.0 Å². The molecule has 1 N–H and O–H groups in total. The third kappa shape index (κ3) is 3.60. The van der Waals surface area contributed by atoms with Crippen LogP contribution in [0.5, 0.6) is 11.5 Å². The van der Waals surface area contributed by atoms with Crippen LogP contribution < -0.4 is 14.8 Å². The summed E-state index contributed by atoms with van der Waals surface area (Å²) in [5, 5.41) is 12.4. The van der Waals surface area contributed by atoms with Gasteiger partial charge < -0.3 is 14.8 Å². The molecule has 3 rings (SSSR count). The van der Waals surface area contributed by atoms with Crippen molar-refractivity contribution in [1.29, 1.82) is 0 Å². The monoisotopic (exact) mass is 371 g/mol. The number of thiazole rings is 1. The Morgan fingerprint density at radius 1 is 1.08 bits per heavy atom. The average Bonchev–Trinajstić information content (AvgIpc) is 3.00. The van der Waals surface area contributed by atoms with Crippen LogP contribution in [0.3, 0.4) is 0 Å². The molecule has 0 spiro atoms. The molecule has 3 aromatic rings. The van der Waals surface area contributed by atoms with Crippen molar-refractivity contribution in [2.24, 2.45) is 0 Å². The van der Waals surface area contributed by atoms with Crippen molar-refractivity contribution >= 4 is 17.3 Å². The summed E-state index contributed by atoms with van der Waals surface area (Å²) in [5.74, 6) is 1.75. The molecule has 26 heavy (non-hydrogen) atoms. The van der Waals surface area contributed by atoms with Crippen molar-refractivity contribution in [3.63, 3.8) is 0 Å². The largest absolute Gasteiger partial charge is 0.496 e. The molecule has 0 saturated heterocycles. The topological polar surface area (TPSA) is 82.0 Å². The highest BCUT2D eigenvalue weighted by molar-refractivity contribution is 7.11. The van der Waals surface area contributed by atoms with Crippen LogP contribution in [-0.2, 0) is 0 Å². The Morgan fingerprint density at radius 2 is 1.77 bits per heavy atom. The quantitative estimate of drug-likeness (QED) is 0.705. The van der Waals surface area contributed by atoms with Gasteiger partial charge in [-0.15, -0.1) is 16.4 Å². The second-order valence-electron chi connectivity index (χ2n) is 5.76. The molecule has 0 bridgehead atoms. The molecule has 0 radical (unpaired) electrons. The van der Waals surface area contributed by atoms with Gasteiger partial charge in [0.25, 0.3) is 0 Å². The van der Waals surface area contributed by atoms with Gasteiger partial charge in [0.1, 0.15) is 22.2 Å². The molecule has 1 atom stereocenters. The smallest absolute Gasteiger partial charge is 0.243 e. The Morgan fingerprint density at radius 3 is 2.35 bits per heavy atom. The molecule has 8 heteroatoms. The number of hydrogen-bond donors (Lipinski definition) is 1. The summed E-state index contributed by atoms with van der Waals surface area (Å²) in [6, 6.07) is 5.56. The zero-order valence-corrected chi connectivity index (χ0v) is 16.2. The number of aromatic nitrogens is 4. The molecule has 1 unspecified atom stereocenters. The number of ether oxygens (including phenoxy) is 2. The van der Waals surface area contributed by atoms with Crippen LogP contribution in [0.2, 0.25) is 0 Å². The summed E-state index contributed by atoms with van der Waals surface area (Å²) < 4.78 is 10.9. The van der Waals surface area contributed by atoms with Crippen molar-refractivity contribution in [3.05, 3.63) is 40.0 Å². The number of rotatable bonds is 6. The third-order valence-electron chi connectivity index (χ3n) is 4.00. The average molecular weight is 371 g/mol. The zero-order valence-electron chi connectivity index (χ0n) is 15.4. The van der Waals surface area contributed by atoms with Crippen molar-refractivity contribution in [1.82, 2.24) is 20.2 Å². The molecule has 0 aliphatic carbocycles. The van der Waals surface area contributed by atoms with Gasteiger partial charge in [-0.1, -0.05) is 6.07 Å². The van der Waals surface area contributed by atoms with Crippen molar-refractivity contribution < 1.29 is 9.47 Å². The fourth-order valence-corrected chi connectivity index (χ4v) is 3.45. The van der Waals surface area contributed by atoms with E-state index in [2.05, 4.69) is 32.4 Å². The van der Waals surface area contributed by atoms with Crippen LogP contribution in [0.4, 0.5) is 5.95 Å². The molecule has 2 aromatic heterocycles. The Kier molecular flexibility index (Phi) is 5.32. The van der Waals surface area contributed by atoms with E-state index in [0.29, 0.717) is 23.1 Å². The molecule has 0 amide bonds. The van der Waals surface area contributed by atoms with Crippen LogP contribution in [0.25, 0.3) is 11.3 Å². The van der Waals surface area contributed by atoms with Gasteiger partial charge in [-0.3, -0.25) is 0 Å². The second-order valence-corrected chi connectivity index (χ2v) is 7.00. The van der Waals surface area contributed by atoms with Crippen LogP contribution in [0.15, 0.2) is 24.4 Å². The third-order valence-corrected chi connectivity index (χ3v) is 5.26. The van der Waals surface area contributed by atoms with Gasteiger partial charge in [-0.05, 0) is 32.9 Å². The van der Waals surface area contributed by atoms with E-state index in [-0.39, 0.29) is 6.04 Å². The maximum atomic E-state index is 5.45. The van der Waals surface area contributed by atoms with Crippen molar-refractivity contribution in [3.8, 4) is 22.8 Å². The van der Waals surface area contributed by atoms with Gasteiger partial charge in [0.05, 0.1) is 37.7 Å². The first-order chi connectivity index (χ1) is 12.5. The minimum absolute atomic E-state index is 0.0241. The summed E-state index contributed by atoms with van der Waals surface area (Å²) in [6.45, 7) is 6.10. The Labute approximate surface area is 156 Å². The van der Waals surface area contributed by atoms with Gasteiger partial charge in [0.2, 0.25) is 5.95 Å². The lowest BCUT2D eigenvalue weighted by atomic mass is 10.1. The number of methoxy groups -OCH3 is 2. The number of nitrogens with one attached hydrogen (secondary N) is 1. The fourth-order valence-electron chi connectivity index (χ4n) is 2.53. The minimum atomic E-state index is -0.0241. The molecule has 0 aliphatic rings. The standard InChI is InChI=1S/C18H21N5O2S/c1-10-12(3)26-17(20-10)11(2)21-18-22-13(9-19-23-18)16-14(24-4)7-6-8-15(16)25-5/h6-9,11H,1-5H3,(H,21,22,23). The highest BCUT2D eigenvalue weighted by Crippen LogP contribution is 2.37. The molecule has 0 saturated carbocycles. The van der Waals surface area contributed by atoms with E-state index >= 15 is 0 Å². The molecular formula is C18H21N5O2S. The number of benzene rings is 1. The fraction of sp³-hybridized carbons (Fsp3) is 0.333. The van der Waals surface area contributed by atoms with Crippen LogP contribution >= 0.6 is 11.3 Å². The first-order valence-electron chi connectivity index (χ1n) is 8.15. The normalized spacial score (nSPS) is 11.9. The van der Waals surface area contributed by atoms with Crippen LogP contribution in [0, 0.1) is 13.8 Å². The minimum Gasteiger partial charge on any atom is -0.496 e. The second kappa shape index (κ2) is 7.65. The molecule has 0 aliphatic heterocycles. The molecule has 0 fully saturated rings. The van der Waals surface area contributed by atoms with Crippen molar-refractivity contribution in [2.45, 2.75) is 26.8 Å². The van der Waals surface area contributed by atoms with Gasteiger partial charge >= 0.3 is 0 Å². The summed E-state index contributed by atoms with van der Waals surface area (Å²) in [6.07, 6.45) is 1.59. The van der Waals surface area contributed by atoms with E-state index in [4.69, 9.17) is 9.47 Å². The van der Waals surface area contributed by atoms with Crippen LogP contribution in [-0.4, -0.2) is 34.4 Å². The summed E-state index contributed by atoms with van der Waals surface area (Å²) in [5.41, 5.74) is 2.41. The first-order valence-corrected chi connectivity index (χ1v) is 8.96. The lowest BCUT2D eigenvalue weighted by molar-refractivity contribution is 0.397. The molecule has 136 valence electrons. The van der Waals surface area contributed by atoms with E-state index in [0.717, 1.165) is 16.3 Å². The van der Waals surface area contributed by atoms with E-state index in [1.54, 1.807) is 31.8 Å². The van der Waals surface area contributed by atoms with Crippen molar-refractivity contribution in [2.75, 3.05) is 19.5 Å². The zero-order chi connectivity index (χ0) is 18.7. The summed E-state index contributed by atoms with van der Waals surface area (Å²) >= 11 is 1.66. The van der Waals surface area contributed by atoms with Gasteiger partial charge in [-0.25, -0.2) is 9.97 Å². The highest BCUT2D eigenvalue weighted by Gasteiger charge is 2.17. The summed E-state index contributed by atoms with van der Waals surface area (Å²) in [4.78, 5) is 10.4. The van der Waals surface area contributed by atoms with E-state index in [1.165, 1.54) is 4.88 Å². The Balaban J connectivity index is 1.92. The van der Waals surface area contributed by atoms with E-state index in [9.17, 15) is 0 Å². The molecule has 2 heterocycles. The Bertz CT molecular complexity index is 871. The molecule has 1 aromatic carbocycles. The Hall–Kier alpha value is -2.74. The van der Waals surface area contributed by atoms with Gasteiger partial charge in [0.15, 0.2) is 0 Å². The number of hydrogen-bond acceptors (Lipinski definition) is 8. The van der Waals surface area contributed by atoms with Gasteiger partial charge in [-0.2, -0.15) is 5.10 Å². The lowest BCUT2D eigenvalue weighted by Crippen LogP contribution is -2.10. The van der Waals surface area contributed by atoms with E-state index < -0.39 is 0 Å². The number of aryl methyl sites for hydroxylation is 2. The SMILES string of the molecule is COc1cccc(OC)c1-c1cnnc(NC(C)c2nc(C)c(C)s2)n1. The predicted molar refractivity (Wildman–Crippen MR) is 102 cm³/mol. The number of nitrogens with zero attached hydrogens (tertiary/aromatic N) is 4. The van der Waals surface area contributed by atoms with Crippen LogP contribution in [0.1, 0.15) is 28.5 Å². The molecular weight excluding hydrogens is 350 g/mol.